The lowest BCUT2D eigenvalue weighted by molar-refractivity contribution is 1.26. The van der Waals surface area contributed by atoms with Gasteiger partial charge in [0.25, 0.3) is 0 Å². The average molecular weight is 653 g/mol. The molecule has 0 amide bonds. The standard InChI is InChI=1S/C49H32S/c1-2-11-32(12-3-1)33-25-27-34(28-26-33)35-13-6-14-36(29-35)39-18-8-21-42-43-22-9-19-40(47(43)31-46(39)42)37-15-7-16-38(30-37)41-20-10-23-45-44-17-4-5-24-48(44)50-49(41)45/h1-30H,31H2. The molecule has 0 radical (unpaired) electrons. The van der Waals surface area contributed by atoms with Crippen LogP contribution in [0.2, 0.25) is 0 Å². The molecule has 1 aliphatic carbocycles. The van der Waals surface area contributed by atoms with Crippen molar-refractivity contribution in [1.29, 1.82) is 0 Å². The second-order valence-corrected chi connectivity index (χ2v) is 14.3. The van der Waals surface area contributed by atoms with Gasteiger partial charge in [-0.3, -0.25) is 0 Å². The average Bonchev–Trinajstić information content (AvgIpc) is 3.77. The number of hydrogen-bond donors (Lipinski definition) is 0. The molecule has 0 nitrogen and oxygen atoms in total. The lowest BCUT2D eigenvalue weighted by Gasteiger charge is -2.12. The zero-order valence-corrected chi connectivity index (χ0v) is 28.3. The lowest BCUT2D eigenvalue weighted by atomic mass is 9.92. The van der Waals surface area contributed by atoms with E-state index < -0.39 is 0 Å². The molecular formula is C49H32S. The normalized spacial score (nSPS) is 11.9. The van der Waals surface area contributed by atoms with Crippen molar-refractivity contribution in [2.75, 3.05) is 0 Å². The predicted molar refractivity (Wildman–Crippen MR) is 215 cm³/mol. The van der Waals surface area contributed by atoms with E-state index in [1.807, 2.05) is 11.3 Å². The Balaban J connectivity index is 1.01. The molecule has 8 aromatic carbocycles. The fourth-order valence-corrected chi connectivity index (χ4v) is 9.20. The highest BCUT2D eigenvalue weighted by molar-refractivity contribution is 7.26. The Bertz CT molecular complexity index is 2710. The summed E-state index contributed by atoms with van der Waals surface area (Å²) in [7, 11) is 0. The summed E-state index contributed by atoms with van der Waals surface area (Å²) in [5.74, 6) is 0. The van der Waals surface area contributed by atoms with Crippen LogP contribution in [0.3, 0.4) is 0 Å². The first-order valence-electron chi connectivity index (χ1n) is 17.3. The molecule has 0 saturated carbocycles. The van der Waals surface area contributed by atoms with Crippen LogP contribution in [0.5, 0.6) is 0 Å². The van der Waals surface area contributed by atoms with E-state index in [9.17, 15) is 0 Å². The number of hydrogen-bond acceptors (Lipinski definition) is 1. The summed E-state index contributed by atoms with van der Waals surface area (Å²) in [5, 5.41) is 2.68. The molecule has 0 bridgehead atoms. The summed E-state index contributed by atoms with van der Waals surface area (Å²) in [4.78, 5) is 0. The Labute approximate surface area is 296 Å². The van der Waals surface area contributed by atoms with Crippen LogP contribution in [0.4, 0.5) is 0 Å². The Morgan fingerprint density at radius 2 is 0.740 bits per heavy atom. The van der Waals surface area contributed by atoms with Crippen LogP contribution in [0, 0.1) is 0 Å². The third-order valence-corrected chi connectivity index (χ3v) is 11.6. The summed E-state index contributed by atoms with van der Waals surface area (Å²) in [6.45, 7) is 0. The summed E-state index contributed by atoms with van der Waals surface area (Å²) >= 11 is 1.90. The zero-order chi connectivity index (χ0) is 33.0. The van der Waals surface area contributed by atoms with Crippen molar-refractivity contribution in [2.45, 2.75) is 6.42 Å². The fourth-order valence-electron chi connectivity index (χ4n) is 7.96. The maximum atomic E-state index is 2.39. The molecule has 0 spiro atoms. The second kappa shape index (κ2) is 11.8. The molecule has 234 valence electrons. The van der Waals surface area contributed by atoms with Crippen LogP contribution in [-0.4, -0.2) is 0 Å². The van der Waals surface area contributed by atoms with Crippen LogP contribution in [0.1, 0.15) is 11.1 Å². The molecule has 0 unspecified atom stereocenters. The van der Waals surface area contributed by atoms with Gasteiger partial charge >= 0.3 is 0 Å². The second-order valence-electron chi connectivity index (χ2n) is 13.2. The molecule has 0 atom stereocenters. The van der Waals surface area contributed by atoms with Crippen molar-refractivity contribution in [3.8, 4) is 66.8 Å². The Hall–Kier alpha value is -6.02. The van der Waals surface area contributed by atoms with Crippen molar-refractivity contribution in [3.63, 3.8) is 0 Å². The van der Waals surface area contributed by atoms with E-state index in [2.05, 4.69) is 182 Å². The van der Waals surface area contributed by atoms with Crippen molar-refractivity contribution >= 4 is 31.5 Å². The first-order valence-corrected chi connectivity index (χ1v) is 18.1. The minimum Gasteiger partial charge on any atom is -0.135 e. The van der Waals surface area contributed by atoms with Gasteiger partial charge in [-0.15, -0.1) is 11.3 Å². The van der Waals surface area contributed by atoms with Gasteiger partial charge in [-0.25, -0.2) is 0 Å². The maximum absolute atomic E-state index is 2.39. The first kappa shape index (κ1) is 28.9. The van der Waals surface area contributed by atoms with E-state index in [0.29, 0.717) is 0 Å². The molecule has 1 heterocycles. The van der Waals surface area contributed by atoms with E-state index in [4.69, 9.17) is 0 Å². The monoisotopic (exact) mass is 652 g/mol. The number of rotatable bonds is 5. The van der Waals surface area contributed by atoms with E-state index in [1.54, 1.807) is 0 Å². The largest absolute Gasteiger partial charge is 0.135 e. The van der Waals surface area contributed by atoms with Gasteiger partial charge in [-0.05, 0) is 103 Å². The molecule has 10 rings (SSSR count). The summed E-state index contributed by atoms with van der Waals surface area (Å²) in [5.41, 5.74) is 18.2. The van der Waals surface area contributed by atoms with Crippen LogP contribution in [0.15, 0.2) is 182 Å². The molecule has 1 heteroatoms. The predicted octanol–water partition coefficient (Wildman–Crippen LogP) is 14.0. The summed E-state index contributed by atoms with van der Waals surface area (Å²) < 4.78 is 2.70. The molecule has 1 aliphatic rings. The van der Waals surface area contributed by atoms with Crippen molar-refractivity contribution < 1.29 is 0 Å². The van der Waals surface area contributed by atoms with Crippen LogP contribution in [-0.2, 0) is 6.42 Å². The molecule has 0 fully saturated rings. The van der Waals surface area contributed by atoms with E-state index in [0.717, 1.165) is 6.42 Å². The third-order valence-electron chi connectivity index (χ3n) is 10.4. The molecule has 1 aromatic heterocycles. The Morgan fingerprint density at radius 3 is 1.44 bits per heavy atom. The highest BCUT2D eigenvalue weighted by Crippen LogP contribution is 2.46. The van der Waals surface area contributed by atoms with E-state index in [-0.39, 0.29) is 0 Å². The van der Waals surface area contributed by atoms with Crippen LogP contribution >= 0.6 is 11.3 Å². The highest BCUT2D eigenvalue weighted by atomic mass is 32.1. The van der Waals surface area contributed by atoms with Crippen LogP contribution < -0.4 is 0 Å². The summed E-state index contributed by atoms with van der Waals surface area (Å²) in [6.07, 6.45) is 0.920. The molecule has 0 N–H and O–H groups in total. The zero-order valence-electron chi connectivity index (χ0n) is 27.4. The Morgan fingerprint density at radius 1 is 0.300 bits per heavy atom. The van der Waals surface area contributed by atoms with Crippen molar-refractivity contribution in [2.24, 2.45) is 0 Å². The van der Waals surface area contributed by atoms with Gasteiger partial charge in [-0.1, -0.05) is 164 Å². The SMILES string of the molecule is c1ccc(-c2ccc(-c3cccc(-c4cccc5c4Cc4c(-c6cccc(-c7cccc8c7sc7ccccc78)c6)cccc4-5)c3)cc2)cc1. The fraction of sp³-hybridized carbons (Fsp3) is 0.0204. The smallest absolute Gasteiger partial charge is 0.0433 e. The lowest BCUT2D eigenvalue weighted by Crippen LogP contribution is -1.91. The van der Waals surface area contributed by atoms with Crippen molar-refractivity contribution in [1.82, 2.24) is 0 Å². The van der Waals surface area contributed by atoms with Crippen LogP contribution in [0.25, 0.3) is 86.9 Å². The number of benzene rings is 8. The Kier molecular flexibility index (Phi) is 6.85. The maximum Gasteiger partial charge on any atom is 0.0433 e. The molecule has 50 heavy (non-hydrogen) atoms. The van der Waals surface area contributed by atoms with Gasteiger partial charge in [0.15, 0.2) is 0 Å². The van der Waals surface area contributed by atoms with Gasteiger partial charge in [0, 0.05) is 20.2 Å². The highest BCUT2D eigenvalue weighted by Gasteiger charge is 2.24. The number of fused-ring (bicyclic) bond motifs is 6. The van der Waals surface area contributed by atoms with Gasteiger partial charge < -0.3 is 0 Å². The van der Waals surface area contributed by atoms with Gasteiger partial charge in [0.05, 0.1) is 0 Å². The third kappa shape index (κ3) is 4.82. The molecule has 9 aromatic rings. The summed E-state index contributed by atoms with van der Waals surface area (Å²) in [6, 6.07) is 66.9. The quantitative estimate of drug-likeness (QED) is 0.174. The first-order chi connectivity index (χ1) is 24.8. The minimum atomic E-state index is 0.920. The topological polar surface area (TPSA) is 0 Å². The van der Waals surface area contributed by atoms with Crippen molar-refractivity contribution in [3.05, 3.63) is 193 Å². The van der Waals surface area contributed by atoms with E-state index in [1.165, 1.54) is 98.1 Å². The van der Waals surface area contributed by atoms with Gasteiger partial charge in [0.1, 0.15) is 0 Å². The number of thiophene rings is 1. The minimum absolute atomic E-state index is 0.920. The van der Waals surface area contributed by atoms with Gasteiger partial charge in [0.2, 0.25) is 0 Å². The molecular weight excluding hydrogens is 621 g/mol. The molecule has 0 aliphatic heterocycles. The van der Waals surface area contributed by atoms with Gasteiger partial charge in [-0.2, -0.15) is 0 Å². The van der Waals surface area contributed by atoms with E-state index >= 15 is 0 Å². The molecule has 0 saturated heterocycles.